The van der Waals surface area contributed by atoms with Gasteiger partial charge in [-0.2, -0.15) is 23.5 Å². The molecular weight excluding hydrogens is 644 g/mol. The lowest BCUT2D eigenvalue weighted by atomic mass is 9.80. The van der Waals surface area contributed by atoms with Crippen molar-refractivity contribution in [1.29, 1.82) is 5.26 Å². The van der Waals surface area contributed by atoms with Crippen LogP contribution >= 0.6 is 0 Å². The number of benzene rings is 3. The summed E-state index contributed by atoms with van der Waals surface area (Å²) in [6.45, 7) is 2.31. The number of nitrogens with zero attached hydrogens (tertiary/aromatic N) is 5. The zero-order valence-electron chi connectivity index (χ0n) is 26.3. The number of nitrogens with one attached hydrogen (secondary N) is 1. The number of alkyl halides is 3. The predicted octanol–water partition coefficient (Wildman–Crippen LogP) is 4.94. The summed E-state index contributed by atoms with van der Waals surface area (Å²) < 4.78 is 61.5. The highest BCUT2D eigenvalue weighted by molar-refractivity contribution is 6.07. The van der Waals surface area contributed by atoms with Crippen molar-refractivity contribution in [1.82, 2.24) is 20.0 Å². The Morgan fingerprint density at radius 2 is 1.78 bits per heavy atom. The molecule has 3 heterocycles. The number of anilines is 1. The number of halogens is 4. The van der Waals surface area contributed by atoms with E-state index < -0.39 is 53.3 Å². The third-order valence-corrected chi connectivity index (χ3v) is 8.80. The van der Waals surface area contributed by atoms with E-state index in [1.807, 2.05) is 0 Å². The first-order chi connectivity index (χ1) is 23.4. The number of carbonyl (C=O) groups is 3. The molecule has 0 spiro atoms. The normalized spacial score (nSPS) is 18.2. The minimum atomic E-state index is -4.72. The molecule has 49 heavy (non-hydrogen) atoms. The van der Waals surface area contributed by atoms with Crippen LogP contribution < -0.4 is 10.2 Å². The smallest absolute Gasteiger partial charge is 0.380 e. The van der Waals surface area contributed by atoms with Crippen LogP contribution in [0.1, 0.15) is 50.4 Å². The largest absolute Gasteiger partial charge is 0.416 e. The van der Waals surface area contributed by atoms with Crippen molar-refractivity contribution in [3.05, 3.63) is 113 Å². The van der Waals surface area contributed by atoms with Gasteiger partial charge in [-0.15, -0.1) is 0 Å². The predicted molar refractivity (Wildman–Crippen MR) is 168 cm³/mol. The van der Waals surface area contributed by atoms with Gasteiger partial charge in [-0.25, -0.2) is 9.07 Å². The number of carbonyl (C=O) groups excluding carboxylic acids is 3. The van der Waals surface area contributed by atoms with E-state index in [0.29, 0.717) is 17.3 Å². The fourth-order valence-electron chi connectivity index (χ4n) is 6.24. The van der Waals surface area contributed by atoms with Gasteiger partial charge in [0.15, 0.2) is 5.69 Å². The maximum atomic E-state index is 14.4. The van der Waals surface area contributed by atoms with Crippen LogP contribution in [0.3, 0.4) is 0 Å². The van der Waals surface area contributed by atoms with E-state index in [2.05, 4.69) is 11.4 Å². The Hall–Kier alpha value is -5.55. The second kappa shape index (κ2) is 13.2. The standard InChI is InChI=1S/C35H30F4N6O4/c1-3-44-32-28(30(42-45(32)25-10-5-4-6-11-25)33(47)43(2)26(17-40)22-18-49-19-22)27(20-12-14-24(36)15-13-20)29(34(44)48)41-31(46)21-8-7-9-23(16-21)35(37,38)39/h4-16,22,26-27,29H,3,18-19H2,1-2H3,(H,41,46)/t26-,27-,29-/m0/s1. The molecule has 2 aliphatic heterocycles. The summed E-state index contributed by atoms with van der Waals surface area (Å²) in [5, 5.41) is 17.4. The number of likely N-dealkylation sites (N-methyl/N-ethyl adjacent to an activating group) is 1. The Morgan fingerprint density at radius 1 is 1.08 bits per heavy atom. The molecule has 3 atom stereocenters. The molecule has 0 radical (unpaired) electrons. The summed E-state index contributed by atoms with van der Waals surface area (Å²) in [7, 11) is 1.47. The van der Waals surface area contributed by atoms with Crippen molar-refractivity contribution in [2.45, 2.75) is 31.1 Å². The van der Waals surface area contributed by atoms with Crippen LogP contribution in [-0.4, -0.2) is 71.3 Å². The number of hydrogen-bond acceptors (Lipinski definition) is 6. The molecule has 3 amide bonds. The van der Waals surface area contributed by atoms with Crippen LogP contribution in [0.15, 0.2) is 78.9 Å². The molecule has 6 rings (SSSR count). The monoisotopic (exact) mass is 674 g/mol. The average molecular weight is 675 g/mol. The second-order valence-corrected chi connectivity index (χ2v) is 11.8. The topological polar surface area (TPSA) is 121 Å². The van der Waals surface area contributed by atoms with E-state index >= 15 is 0 Å². The highest BCUT2D eigenvalue weighted by atomic mass is 19.4. The molecule has 10 nitrogen and oxygen atoms in total. The van der Waals surface area contributed by atoms with Crippen molar-refractivity contribution in [3.63, 3.8) is 0 Å². The summed E-state index contributed by atoms with van der Waals surface area (Å²) in [6.07, 6.45) is -4.72. The number of fused-ring (bicyclic) bond motifs is 1. The molecule has 1 fully saturated rings. The third kappa shape index (κ3) is 6.13. The molecule has 14 heteroatoms. The molecule has 2 aliphatic rings. The van der Waals surface area contributed by atoms with E-state index in [-0.39, 0.29) is 48.3 Å². The average Bonchev–Trinajstić information content (AvgIpc) is 3.46. The highest BCUT2D eigenvalue weighted by Gasteiger charge is 2.48. The lowest BCUT2D eigenvalue weighted by molar-refractivity contribution is -0.137. The Kier molecular flexibility index (Phi) is 8.96. The summed E-state index contributed by atoms with van der Waals surface area (Å²) in [5.41, 5.74) is -0.475. The number of para-hydroxylation sites is 1. The number of nitriles is 1. The van der Waals surface area contributed by atoms with Crippen molar-refractivity contribution >= 4 is 23.5 Å². The van der Waals surface area contributed by atoms with Gasteiger partial charge in [0.25, 0.3) is 17.7 Å². The van der Waals surface area contributed by atoms with E-state index in [9.17, 15) is 37.2 Å². The van der Waals surface area contributed by atoms with E-state index in [1.54, 1.807) is 37.3 Å². The van der Waals surface area contributed by atoms with Crippen LogP contribution in [0.5, 0.6) is 0 Å². The van der Waals surface area contributed by atoms with Crippen LogP contribution in [0.25, 0.3) is 5.69 Å². The fourth-order valence-corrected chi connectivity index (χ4v) is 6.24. The molecule has 0 saturated carbocycles. The second-order valence-electron chi connectivity index (χ2n) is 11.8. The van der Waals surface area contributed by atoms with Gasteiger partial charge in [0, 0.05) is 36.6 Å². The first-order valence-electron chi connectivity index (χ1n) is 15.4. The molecular formula is C35H30F4N6O4. The van der Waals surface area contributed by atoms with E-state index in [4.69, 9.17) is 9.84 Å². The number of ether oxygens (including phenoxy) is 1. The lowest BCUT2D eigenvalue weighted by Gasteiger charge is -2.39. The van der Waals surface area contributed by atoms with E-state index in [0.717, 1.165) is 24.3 Å². The number of rotatable bonds is 8. The van der Waals surface area contributed by atoms with Crippen LogP contribution in [0.4, 0.5) is 23.4 Å². The van der Waals surface area contributed by atoms with Crippen molar-refractivity contribution in [2.75, 3.05) is 31.7 Å². The maximum Gasteiger partial charge on any atom is 0.416 e. The van der Waals surface area contributed by atoms with Gasteiger partial charge in [0.2, 0.25) is 0 Å². The van der Waals surface area contributed by atoms with Gasteiger partial charge in [-0.3, -0.25) is 19.3 Å². The summed E-state index contributed by atoms with van der Waals surface area (Å²) in [5.74, 6) is -4.01. The van der Waals surface area contributed by atoms with Crippen molar-refractivity contribution in [3.8, 4) is 11.8 Å². The molecule has 0 unspecified atom stereocenters. The molecule has 252 valence electrons. The van der Waals surface area contributed by atoms with Crippen LogP contribution in [-0.2, 0) is 15.7 Å². The zero-order chi connectivity index (χ0) is 35.0. The van der Waals surface area contributed by atoms with Gasteiger partial charge in [-0.1, -0.05) is 36.4 Å². The van der Waals surface area contributed by atoms with E-state index in [1.165, 1.54) is 39.7 Å². The van der Waals surface area contributed by atoms with Crippen LogP contribution in [0, 0.1) is 23.1 Å². The summed E-state index contributed by atoms with van der Waals surface area (Å²) >= 11 is 0. The quantitative estimate of drug-likeness (QED) is 0.265. The molecule has 0 bridgehead atoms. The maximum absolute atomic E-state index is 14.4. The number of aromatic nitrogens is 2. The SMILES string of the molecule is CCN1C(=O)[C@@H](NC(=O)c2cccc(C(F)(F)F)c2)[C@@H](c2ccc(F)cc2)c2c(C(=O)N(C)[C@@H](C#N)C3COC3)nn(-c3ccccc3)c21. The highest BCUT2D eigenvalue weighted by Crippen LogP contribution is 2.44. The summed E-state index contributed by atoms with van der Waals surface area (Å²) in [4.78, 5) is 45.0. The Bertz CT molecular complexity index is 1940. The third-order valence-electron chi connectivity index (χ3n) is 8.80. The molecule has 4 aromatic rings. The fraction of sp³-hybridized carbons (Fsp3) is 0.286. The Labute approximate surface area is 278 Å². The molecule has 0 aliphatic carbocycles. The van der Waals surface area contributed by atoms with Crippen molar-refractivity contribution in [2.24, 2.45) is 5.92 Å². The number of hydrogen-bond donors (Lipinski definition) is 1. The minimum absolute atomic E-state index is 0.0557. The van der Waals surface area contributed by atoms with Gasteiger partial charge in [0.05, 0.1) is 30.5 Å². The van der Waals surface area contributed by atoms with Gasteiger partial charge in [-0.05, 0) is 55.0 Å². The summed E-state index contributed by atoms with van der Waals surface area (Å²) in [6, 6.07) is 17.5. The van der Waals surface area contributed by atoms with Crippen molar-refractivity contribution < 1.29 is 36.7 Å². The van der Waals surface area contributed by atoms with Gasteiger partial charge in [0.1, 0.15) is 23.7 Å². The lowest BCUT2D eigenvalue weighted by Crippen LogP contribution is -2.56. The Balaban J connectivity index is 1.55. The Morgan fingerprint density at radius 3 is 2.37 bits per heavy atom. The molecule has 1 N–H and O–H groups in total. The molecule has 1 aromatic heterocycles. The minimum Gasteiger partial charge on any atom is -0.380 e. The first kappa shape index (κ1) is 33.4. The number of amides is 3. The zero-order valence-corrected chi connectivity index (χ0v) is 26.3. The van der Waals surface area contributed by atoms with Gasteiger partial charge < -0.3 is 15.0 Å². The molecule has 1 saturated heterocycles. The van der Waals surface area contributed by atoms with Crippen LogP contribution in [0.2, 0.25) is 0 Å². The first-order valence-corrected chi connectivity index (χ1v) is 15.4. The van der Waals surface area contributed by atoms with Gasteiger partial charge >= 0.3 is 6.18 Å². The molecule has 3 aromatic carbocycles.